The normalized spacial score (nSPS) is 17.4. The van der Waals surface area contributed by atoms with E-state index in [1.165, 1.54) is 44.4 Å². The fourth-order valence-corrected chi connectivity index (χ4v) is 5.39. The highest BCUT2D eigenvalue weighted by Gasteiger charge is 2.34. The number of nitrogens with zero attached hydrogens (tertiary/aromatic N) is 5. The SMILES string of the molecule is Cn1cc(S(=O)(=O)N2CCC[C@H](C(=O)Nc3cnn(Cc4c(F)cccc4Cl)c3)C2)cn1. The van der Waals surface area contributed by atoms with Crippen LogP contribution in [0.15, 0.2) is 47.9 Å². The topological polar surface area (TPSA) is 102 Å². The van der Waals surface area contributed by atoms with Gasteiger partial charge in [-0.1, -0.05) is 17.7 Å². The van der Waals surface area contributed by atoms with Gasteiger partial charge in [0.1, 0.15) is 10.7 Å². The Morgan fingerprint density at radius 3 is 2.81 bits per heavy atom. The van der Waals surface area contributed by atoms with Crippen LogP contribution >= 0.6 is 11.6 Å². The highest BCUT2D eigenvalue weighted by atomic mass is 35.5. The maximum Gasteiger partial charge on any atom is 0.246 e. The summed E-state index contributed by atoms with van der Waals surface area (Å²) >= 11 is 6.06. The first-order valence-electron chi connectivity index (χ1n) is 9.99. The fraction of sp³-hybridized carbons (Fsp3) is 0.350. The predicted octanol–water partition coefficient (Wildman–Crippen LogP) is 2.50. The van der Waals surface area contributed by atoms with Gasteiger partial charge in [-0.2, -0.15) is 14.5 Å². The van der Waals surface area contributed by atoms with Gasteiger partial charge in [-0.25, -0.2) is 12.8 Å². The number of hydrogen-bond donors (Lipinski definition) is 1. The number of hydrogen-bond acceptors (Lipinski definition) is 5. The first kappa shape index (κ1) is 22.4. The quantitative estimate of drug-likeness (QED) is 0.584. The number of halogens is 2. The van der Waals surface area contributed by atoms with Crippen LogP contribution in [0.4, 0.5) is 10.1 Å². The lowest BCUT2D eigenvalue weighted by atomic mass is 9.99. The molecule has 3 heterocycles. The summed E-state index contributed by atoms with van der Waals surface area (Å²) in [4.78, 5) is 12.9. The van der Waals surface area contributed by atoms with E-state index in [0.29, 0.717) is 35.7 Å². The molecule has 0 saturated carbocycles. The average molecular weight is 481 g/mol. The Morgan fingerprint density at radius 2 is 2.09 bits per heavy atom. The van der Waals surface area contributed by atoms with Gasteiger partial charge in [0, 0.05) is 43.1 Å². The molecule has 0 aliphatic carbocycles. The lowest BCUT2D eigenvalue weighted by molar-refractivity contribution is -0.120. The van der Waals surface area contributed by atoms with Crippen molar-refractivity contribution in [1.82, 2.24) is 23.9 Å². The Balaban J connectivity index is 1.41. The molecule has 1 atom stereocenters. The zero-order valence-electron chi connectivity index (χ0n) is 17.3. The van der Waals surface area contributed by atoms with E-state index in [-0.39, 0.29) is 23.9 Å². The second kappa shape index (κ2) is 9.00. The van der Waals surface area contributed by atoms with Gasteiger partial charge in [-0.05, 0) is 25.0 Å². The molecule has 1 fully saturated rings. The van der Waals surface area contributed by atoms with Crippen LogP contribution in [0.1, 0.15) is 18.4 Å². The number of carbonyl (C=O) groups is 1. The molecule has 1 saturated heterocycles. The summed E-state index contributed by atoms with van der Waals surface area (Å²) in [6, 6.07) is 4.44. The number of rotatable bonds is 6. The van der Waals surface area contributed by atoms with Crippen LogP contribution in [0, 0.1) is 11.7 Å². The van der Waals surface area contributed by atoms with E-state index < -0.39 is 21.8 Å². The van der Waals surface area contributed by atoms with Crippen LogP contribution in [-0.4, -0.2) is 51.3 Å². The molecule has 12 heteroatoms. The molecule has 2 aromatic heterocycles. The maximum absolute atomic E-state index is 14.0. The number of aryl methyl sites for hydroxylation is 1. The number of piperidine rings is 1. The number of sulfonamides is 1. The van der Waals surface area contributed by atoms with Crippen LogP contribution < -0.4 is 5.32 Å². The van der Waals surface area contributed by atoms with Crippen molar-refractivity contribution in [1.29, 1.82) is 0 Å². The van der Waals surface area contributed by atoms with Gasteiger partial charge in [0.25, 0.3) is 0 Å². The third kappa shape index (κ3) is 4.69. The Morgan fingerprint density at radius 1 is 1.28 bits per heavy atom. The van der Waals surface area contributed by atoms with E-state index in [2.05, 4.69) is 15.5 Å². The molecule has 0 unspecified atom stereocenters. The standard InChI is InChI=1S/C20H22ClFN6O3S/c1-26-12-16(9-23-26)32(30,31)28-7-3-4-14(10-28)20(29)25-15-8-24-27(11-15)13-17-18(21)5-2-6-19(17)22/h2,5-6,8-9,11-12,14H,3-4,7,10,13H2,1H3,(H,25,29)/t14-/m0/s1. The van der Waals surface area contributed by atoms with Gasteiger partial charge in [0.15, 0.2) is 0 Å². The van der Waals surface area contributed by atoms with E-state index in [0.717, 1.165) is 0 Å². The summed E-state index contributed by atoms with van der Waals surface area (Å²) in [5, 5.41) is 11.1. The van der Waals surface area contributed by atoms with Crippen molar-refractivity contribution < 1.29 is 17.6 Å². The van der Waals surface area contributed by atoms with Crippen LogP contribution in [0.5, 0.6) is 0 Å². The van der Waals surface area contributed by atoms with Crippen LogP contribution in [0.3, 0.4) is 0 Å². The number of carbonyl (C=O) groups excluding carboxylic acids is 1. The molecular formula is C20H22ClFN6O3S. The first-order valence-corrected chi connectivity index (χ1v) is 11.8. The molecule has 1 aliphatic rings. The Kier molecular flexibility index (Phi) is 6.31. The summed E-state index contributed by atoms with van der Waals surface area (Å²) in [7, 11) is -2.07. The maximum atomic E-state index is 14.0. The number of anilines is 1. The predicted molar refractivity (Wildman–Crippen MR) is 116 cm³/mol. The monoisotopic (exact) mass is 480 g/mol. The van der Waals surface area contributed by atoms with E-state index in [9.17, 15) is 17.6 Å². The minimum atomic E-state index is -3.71. The van der Waals surface area contributed by atoms with E-state index in [4.69, 9.17) is 11.6 Å². The molecule has 0 bridgehead atoms. The Labute approximate surface area is 189 Å². The lowest BCUT2D eigenvalue weighted by Crippen LogP contribution is -2.43. The number of benzene rings is 1. The number of aromatic nitrogens is 4. The van der Waals surface area contributed by atoms with Crippen molar-refractivity contribution >= 4 is 33.2 Å². The van der Waals surface area contributed by atoms with Gasteiger partial charge in [-0.15, -0.1) is 0 Å². The molecule has 170 valence electrons. The highest BCUT2D eigenvalue weighted by molar-refractivity contribution is 7.89. The molecule has 32 heavy (non-hydrogen) atoms. The van der Waals surface area contributed by atoms with Gasteiger partial charge in [-0.3, -0.25) is 14.2 Å². The minimum Gasteiger partial charge on any atom is -0.323 e. The lowest BCUT2D eigenvalue weighted by Gasteiger charge is -2.30. The van der Waals surface area contributed by atoms with Crippen molar-refractivity contribution in [2.24, 2.45) is 13.0 Å². The molecule has 3 aromatic rings. The third-order valence-electron chi connectivity index (χ3n) is 5.36. The van der Waals surface area contributed by atoms with Gasteiger partial charge in [0.2, 0.25) is 15.9 Å². The van der Waals surface area contributed by atoms with Crippen LogP contribution in [-0.2, 0) is 28.4 Å². The molecule has 1 aliphatic heterocycles. The molecule has 4 rings (SSSR count). The number of nitrogens with one attached hydrogen (secondary N) is 1. The highest BCUT2D eigenvalue weighted by Crippen LogP contribution is 2.25. The van der Waals surface area contributed by atoms with E-state index in [1.807, 2.05) is 0 Å². The second-order valence-electron chi connectivity index (χ2n) is 7.67. The zero-order chi connectivity index (χ0) is 22.9. The minimum absolute atomic E-state index is 0.0853. The van der Waals surface area contributed by atoms with Gasteiger partial charge < -0.3 is 5.32 Å². The second-order valence-corrected chi connectivity index (χ2v) is 10.0. The molecule has 1 N–H and O–H groups in total. The summed E-state index contributed by atoms with van der Waals surface area (Å²) in [6.07, 6.45) is 6.92. The van der Waals surface area contributed by atoms with Gasteiger partial charge in [0.05, 0.1) is 30.5 Å². The van der Waals surface area contributed by atoms with Crippen molar-refractivity contribution in [3.8, 4) is 0 Å². The Hall–Kier alpha value is -2.76. The summed E-state index contributed by atoms with van der Waals surface area (Å²) in [5.41, 5.74) is 0.744. The molecule has 0 spiro atoms. The average Bonchev–Trinajstić information content (AvgIpc) is 3.40. The molecule has 1 amide bonds. The first-order chi connectivity index (χ1) is 15.2. The van der Waals surface area contributed by atoms with Gasteiger partial charge >= 0.3 is 0 Å². The van der Waals surface area contributed by atoms with E-state index in [1.54, 1.807) is 19.3 Å². The third-order valence-corrected chi connectivity index (χ3v) is 7.53. The van der Waals surface area contributed by atoms with Crippen molar-refractivity contribution in [2.45, 2.75) is 24.3 Å². The molecule has 1 aromatic carbocycles. The summed E-state index contributed by atoms with van der Waals surface area (Å²) in [6.45, 7) is 0.548. The molecule has 0 radical (unpaired) electrons. The smallest absolute Gasteiger partial charge is 0.246 e. The zero-order valence-corrected chi connectivity index (χ0v) is 18.9. The fourth-order valence-electron chi connectivity index (χ4n) is 3.66. The van der Waals surface area contributed by atoms with Crippen molar-refractivity contribution in [2.75, 3.05) is 18.4 Å². The van der Waals surface area contributed by atoms with Crippen molar-refractivity contribution in [3.63, 3.8) is 0 Å². The summed E-state index contributed by atoms with van der Waals surface area (Å²) < 4.78 is 43.9. The number of amides is 1. The summed E-state index contributed by atoms with van der Waals surface area (Å²) in [5.74, 6) is -1.23. The van der Waals surface area contributed by atoms with Crippen LogP contribution in [0.2, 0.25) is 5.02 Å². The van der Waals surface area contributed by atoms with Crippen LogP contribution in [0.25, 0.3) is 0 Å². The Bertz CT molecular complexity index is 1220. The molecule has 9 nitrogen and oxygen atoms in total. The van der Waals surface area contributed by atoms with Crippen molar-refractivity contribution in [3.05, 3.63) is 59.4 Å². The van der Waals surface area contributed by atoms with E-state index >= 15 is 0 Å². The molecular weight excluding hydrogens is 459 g/mol. The largest absolute Gasteiger partial charge is 0.323 e.